The molecule has 0 spiro atoms. The second-order valence-corrected chi connectivity index (χ2v) is 2.68. The third kappa shape index (κ3) is 3.12. The minimum atomic E-state index is 0.378. The highest BCUT2D eigenvalue weighted by atomic mass is 16.6. The fraction of sp³-hybridized carbons (Fsp3) is 0.857. The molecule has 0 saturated heterocycles. The lowest BCUT2D eigenvalue weighted by Gasteiger charge is -1.92. The van der Waals surface area contributed by atoms with Gasteiger partial charge in [-0.1, -0.05) is 19.0 Å². The SMILES string of the molecule is CC(C)/[C]=N/OC1CC1. The van der Waals surface area contributed by atoms with E-state index in [1.165, 1.54) is 12.8 Å². The number of rotatable bonds is 3. The van der Waals surface area contributed by atoms with Gasteiger partial charge in [-0.3, -0.25) is 0 Å². The van der Waals surface area contributed by atoms with Gasteiger partial charge in [0.05, 0.1) is 0 Å². The molecular formula is C7H12NO. The second-order valence-electron chi connectivity index (χ2n) is 2.68. The van der Waals surface area contributed by atoms with Gasteiger partial charge in [0, 0.05) is 5.92 Å². The highest BCUT2D eigenvalue weighted by Crippen LogP contribution is 2.23. The normalized spacial score (nSPS) is 19.4. The molecule has 0 heterocycles. The van der Waals surface area contributed by atoms with Crippen molar-refractivity contribution in [2.24, 2.45) is 11.1 Å². The van der Waals surface area contributed by atoms with E-state index in [1.807, 2.05) is 13.8 Å². The Morgan fingerprint density at radius 3 is 2.67 bits per heavy atom. The van der Waals surface area contributed by atoms with Gasteiger partial charge in [0.25, 0.3) is 0 Å². The number of nitrogens with zero attached hydrogens (tertiary/aromatic N) is 1. The van der Waals surface area contributed by atoms with Crippen LogP contribution in [-0.4, -0.2) is 12.3 Å². The third-order valence-electron chi connectivity index (χ3n) is 1.04. The molecule has 0 aromatic carbocycles. The highest BCUT2D eigenvalue weighted by molar-refractivity contribution is 5.58. The molecular weight excluding hydrogens is 114 g/mol. The Morgan fingerprint density at radius 2 is 2.22 bits per heavy atom. The molecule has 0 aromatic heterocycles. The molecule has 2 nitrogen and oxygen atoms in total. The summed E-state index contributed by atoms with van der Waals surface area (Å²) in [5, 5.41) is 3.68. The summed E-state index contributed by atoms with van der Waals surface area (Å²) in [7, 11) is 0. The third-order valence-corrected chi connectivity index (χ3v) is 1.04. The van der Waals surface area contributed by atoms with Crippen molar-refractivity contribution in [2.45, 2.75) is 32.8 Å². The van der Waals surface area contributed by atoms with E-state index < -0.39 is 0 Å². The molecule has 0 unspecified atom stereocenters. The van der Waals surface area contributed by atoms with Crippen molar-refractivity contribution in [3.05, 3.63) is 0 Å². The molecule has 0 N–H and O–H groups in total. The van der Waals surface area contributed by atoms with Crippen LogP contribution in [0, 0.1) is 5.92 Å². The van der Waals surface area contributed by atoms with E-state index in [0.717, 1.165) is 0 Å². The summed E-state index contributed by atoms with van der Waals surface area (Å²) in [6.45, 7) is 4.06. The van der Waals surface area contributed by atoms with E-state index >= 15 is 0 Å². The van der Waals surface area contributed by atoms with Crippen molar-refractivity contribution < 1.29 is 4.84 Å². The van der Waals surface area contributed by atoms with Gasteiger partial charge in [0.2, 0.25) is 0 Å². The van der Waals surface area contributed by atoms with Gasteiger partial charge in [0.15, 0.2) is 0 Å². The maximum Gasteiger partial charge on any atom is 0.127 e. The fourth-order valence-corrected chi connectivity index (χ4v) is 0.384. The lowest BCUT2D eigenvalue weighted by molar-refractivity contribution is 0.129. The molecule has 0 bridgehead atoms. The van der Waals surface area contributed by atoms with Crippen LogP contribution in [0.5, 0.6) is 0 Å². The molecule has 1 radical (unpaired) electrons. The van der Waals surface area contributed by atoms with Gasteiger partial charge < -0.3 is 4.84 Å². The predicted octanol–water partition coefficient (Wildman–Crippen LogP) is 1.68. The summed E-state index contributed by atoms with van der Waals surface area (Å²) in [4.78, 5) is 4.98. The summed E-state index contributed by atoms with van der Waals surface area (Å²) in [5.74, 6) is 0.378. The zero-order valence-corrected chi connectivity index (χ0v) is 5.92. The van der Waals surface area contributed by atoms with Crippen LogP contribution in [0.4, 0.5) is 0 Å². The predicted molar refractivity (Wildman–Crippen MR) is 36.4 cm³/mol. The molecule has 1 rings (SSSR count). The molecule has 2 heteroatoms. The molecule has 0 amide bonds. The highest BCUT2D eigenvalue weighted by Gasteiger charge is 2.23. The first kappa shape index (κ1) is 6.59. The largest absolute Gasteiger partial charge is 0.392 e. The zero-order chi connectivity index (χ0) is 6.69. The molecule has 0 aliphatic heterocycles. The Hall–Kier alpha value is -0.530. The van der Waals surface area contributed by atoms with Gasteiger partial charge in [-0.15, -0.1) is 0 Å². The summed E-state index contributed by atoms with van der Waals surface area (Å²) >= 11 is 0. The molecule has 1 fully saturated rings. The molecule has 9 heavy (non-hydrogen) atoms. The monoisotopic (exact) mass is 126 g/mol. The van der Waals surface area contributed by atoms with E-state index in [2.05, 4.69) is 11.4 Å². The summed E-state index contributed by atoms with van der Waals surface area (Å²) in [5.41, 5.74) is 0. The Balaban J connectivity index is 2.01. The summed E-state index contributed by atoms with van der Waals surface area (Å²) in [6.07, 6.45) is 5.57. The standard InChI is InChI=1S/C7H12NO/c1-6(2)5-8-9-7-3-4-7/h6-7H,3-4H2,1-2H3. The van der Waals surface area contributed by atoms with Crippen LogP contribution in [-0.2, 0) is 4.84 Å². The van der Waals surface area contributed by atoms with Crippen molar-refractivity contribution in [2.75, 3.05) is 0 Å². The topological polar surface area (TPSA) is 21.6 Å². The van der Waals surface area contributed by atoms with Crippen LogP contribution >= 0.6 is 0 Å². The van der Waals surface area contributed by atoms with E-state index in [0.29, 0.717) is 12.0 Å². The van der Waals surface area contributed by atoms with Gasteiger partial charge in [-0.05, 0) is 12.8 Å². The van der Waals surface area contributed by atoms with E-state index in [4.69, 9.17) is 4.84 Å². The van der Waals surface area contributed by atoms with Crippen LogP contribution in [0.25, 0.3) is 0 Å². The van der Waals surface area contributed by atoms with Crippen molar-refractivity contribution in [1.82, 2.24) is 0 Å². The maximum absolute atomic E-state index is 4.98. The first-order valence-corrected chi connectivity index (χ1v) is 3.40. The number of hydrogen-bond acceptors (Lipinski definition) is 2. The van der Waals surface area contributed by atoms with E-state index in [9.17, 15) is 0 Å². The fourth-order valence-electron chi connectivity index (χ4n) is 0.384. The molecule has 1 aliphatic rings. The smallest absolute Gasteiger partial charge is 0.127 e. The van der Waals surface area contributed by atoms with Crippen LogP contribution in [0.1, 0.15) is 26.7 Å². The minimum absolute atomic E-state index is 0.378. The van der Waals surface area contributed by atoms with Crippen molar-refractivity contribution in [1.29, 1.82) is 0 Å². The first-order valence-electron chi connectivity index (χ1n) is 3.40. The molecule has 0 aromatic rings. The van der Waals surface area contributed by atoms with Gasteiger partial charge in [-0.25, -0.2) is 0 Å². The quantitative estimate of drug-likeness (QED) is 0.416. The Labute approximate surface area is 55.9 Å². The summed E-state index contributed by atoms with van der Waals surface area (Å²) in [6, 6.07) is 0. The van der Waals surface area contributed by atoms with E-state index in [-0.39, 0.29) is 0 Å². The Morgan fingerprint density at radius 1 is 1.56 bits per heavy atom. The van der Waals surface area contributed by atoms with Crippen molar-refractivity contribution in [3.8, 4) is 0 Å². The lowest BCUT2D eigenvalue weighted by Crippen LogP contribution is -1.90. The van der Waals surface area contributed by atoms with Crippen LogP contribution in [0.2, 0.25) is 0 Å². The Kier molecular flexibility index (Phi) is 2.09. The number of hydrogen-bond donors (Lipinski definition) is 0. The van der Waals surface area contributed by atoms with Crippen LogP contribution in [0.15, 0.2) is 5.16 Å². The van der Waals surface area contributed by atoms with Gasteiger partial charge in [-0.2, -0.15) is 0 Å². The zero-order valence-electron chi connectivity index (χ0n) is 5.92. The molecule has 51 valence electrons. The van der Waals surface area contributed by atoms with E-state index in [1.54, 1.807) is 0 Å². The average molecular weight is 126 g/mol. The second kappa shape index (κ2) is 2.85. The van der Waals surface area contributed by atoms with Crippen LogP contribution < -0.4 is 0 Å². The van der Waals surface area contributed by atoms with Crippen molar-refractivity contribution >= 4 is 6.21 Å². The molecule has 0 atom stereocenters. The molecule has 1 aliphatic carbocycles. The van der Waals surface area contributed by atoms with Gasteiger partial charge >= 0.3 is 0 Å². The lowest BCUT2D eigenvalue weighted by atomic mass is 10.3. The summed E-state index contributed by atoms with van der Waals surface area (Å²) < 4.78 is 0. The average Bonchev–Trinajstić information content (AvgIpc) is 2.48. The Bertz CT molecular complexity index is 105. The maximum atomic E-state index is 4.98. The molecule has 1 saturated carbocycles. The van der Waals surface area contributed by atoms with Crippen LogP contribution in [0.3, 0.4) is 0 Å². The first-order chi connectivity index (χ1) is 4.29. The van der Waals surface area contributed by atoms with Crippen molar-refractivity contribution in [3.63, 3.8) is 0 Å². The van der Waals surface area contributed by atoms with Gasteiger partial charge in [0.1, 0.15) is 12.3 Å². The minimum Gasteiger partial charge on any atom is -0.392 e.